The van der Waals surface area contributed by atoms with Crippen molar-refractivity contribution in [3.63, 3.8) is 0 Å². The topological polar surface area (TPSA) is 105 Å². The van der Waals surface area contributed by atoms with Crippen molar-refractivity contribution in [1.29, 1.82) is 0 Å². The van der Waals surface area contributed by atoms with Crippen LogP contribution < -0.4 is 5.73 Å². The van der Waals surface area contributed by atoms with Gasteiger partial charge in [0.15, 0.2) is 0 Å². The van der Waals surface area contributed by atoms with E-state index in [1.807, 2.05) is 0 Å². The van der Waals surface area contributed by atoms with Gasteiger partial charge in [-0.2, -0.15) is 0 Å². The minimum atomic E-state index is -0.672. The number of nitrogen functional groups attached to an aromatic ring is 1. The SMILES string of the molecule is CCOC(=O)c1sc(N)c(C(=O)OCC)c1COC(=O)c1cccs1. The van der Waals surface area contributed by atoms with Crippen LogP contribution in [0.2, 0.25) is 0 Å². The lowest BCUT2D eigenvalue weighted by atomic mass is 10.1. The van der Waals surface area contributed by atoms with Crippen molar-refractivity contribution in [3.05, 3.63) is 38.4 Å². The van der Waals surface area contributed by atoms with E-state index < -0.39 is 17.9 Å². The standard InChI is InChI=1S/C16H17NO6S2/c1-3-21-15(19)11-9(8-23-14(18)10-6-5-7-24-10)12(25-13(11)17)16(20)22-4-2/h5-7H,3-4,8,17H2,1-2H3. The summed E-state index contributed by atoms with van der Waals surface area (Å²) in [5.41, 5.74) is 6.11. The van der Waals surface area contributed by atoms with Crippen LogP contribution >= 0.6 is 22.7 Å². The van der Waals surface area contributed by atoms with Gasteiger partial charge in [-0.05, 0) is 25.3 Å². The van der Waals surface area contributed by atoms with Gasteiger partial charge in [-0.3, -0.25) is 0 Å². The average Bonchev–Trinajstić information content (AvgIpc) is 3.21. The van der Waals surface area contributed by atoms with Gasteiger partial charge in [0.1, 0.15) is 26.9 Å². The molecule has 2 heterocycles. The minimum Gasteiger partial charge on any atom is -0.462 e. The van der Waals surface area contributed by atoms with E-state index in [4.69, 9.17) is 19.9 Å². The molecule has 0 fully saturated rings. The third kappa shape index (κ3) is 4.37. The molecule has 9 heteroatoms. The predicted molar refractivity (Wildman–Crippen MR) is 94.1 cm³/mol. The summed E-state index contributed by atoms with van der Waals surface area (Å²) in [4.78, 5) is 36.9. The molecule has 0 spiro atoms. The first-order valence-electron chi connectivity index (χ1n) is 7.45. The van der Waals surface area contributed by atoms with Gasteiger partial charge in [-0.15, -0.1) is 22.7 Å². The van der Waals surface area contributed by atoms with Gasteiger partial charge in [-0.25, -0.2) is 14.4 Å². The molecule has 0 saturated heterocycles. The Balaban J connectivity index is 2.32. The summed E-state index contributed by atoms with van der Waals surface area (Å²) in [6.45, 7) is 3.35. The molecule has 2 rings (SSSR count). The van der Waals surface area contributed by atoms with Gasteiger partial charge in [0.2, 0.25) is 0 Å². The Morgan fingerprint density at radius 3 is 2.32 bits per heavy atom. The Hall–Kier alpha value is -2.39. The lowest BCUT2D eigenvalue weighted by molar-refractivity contribution is 0.0442. The van der Waals surface area contributed by atoms with Crippen molar-refractivity contribution in [3.8, 4) is 0 Å². The zero-order valence-corrected chi connectivity index (χ0v) is 15.3. The molecule has 2 aromatic heterocycles. The highest BCUT2D eigenvalue weighted by molar-refractivity contribution is 7.18. The predicted octanol–water partition coefficient (Wildman–Crippen LogP) is 3.10. The highest BCUT2D eigenvalue weighted by atomic mass is 32.1. The molecule has 0 unspecified atom stereocenters. The van der Waals surface area contributed by atoms with Crippen molar-refractivity contribution >= 4 is 45.6 Å². The Bertz CT molecular complexity index is 766. The Morgan fingerprint density at radius 2 is 1.72 bits per heavy atom. The molecule has 2 N–H and O–H groups in total. The quantitative estimate of drug-likeness (QED) is 0.578. The first-order chi connectivity index (χ1) is 12.0. The van der Waals surface area contributed by atoms with E-state index in [0.29, 0.717) is 4.88 Å². The first-order valence-corrected chi connectivity index (χ1v) is 9.15. The molecule has 25 heavy (non-hydrogen) atoms. The van der Waals surface area contributed by atoms with E-state index in [-0.39, 0.29) is 40.8 Å². The Labute approximate surface area is 152 Å². The van der Waals surface area contributed by atoms with Gasteiger partial charge < -0.3 is 19.9 Å². The molecule has 0 aliphatic rings. The van der Waals surface area contributed by atoms with Gasteiger partial charge in [0, 0.05) is 5.56 Å². The third-order valence-electron chi connectivity index (χ3n) is 3.04. The molecule has 0 aliphatic carbocycles. The Kier molecular flexibility index (Phi) is 6.54. The molecule has 0 radical (unpaired) electrons. The normalized spacial score (nSPS) is 10.3. The third-order valence-corrected chi connectivity index (χ3v) is 4.94. The fraction of sp³-hybridized carbons (Fsp3) is 0.312. The van der Waals surface area contributed by atoms with Crippen LogP contribution in [-0.4, -0.2) is 31.1 Å². The van der Waals surface area contributed by atoms with Crippen LogP contribution in [0.4, 0.5) is 5.00 Å². The second kappa shape index (κ2) is 8.63. The maximum absolute atomic E-state index is 12.2. The maximum Gasteiger partial charge on any atom is 0.348 e. The van der Waals surface area contributed by atoms with Gasteiger partial charge in [0.25, 0.3) is 0 Å². The molecule has 0 aliphatic heterocycles. The highest BCUT2D eigenvalue weighted by Crippen LogP contribution is 2.33. The van der Waals surface area contributed by atoms with Gasteiger partial charge >= 0.3 is 17.9 Å². The summed E-state index contributed by atoms with van der Waals surface area (Å²) in [5.74, 6) is -1.85. The van der Waals surface area contributed by atoms with E-state index in [0.717, 1.165) is 11.3 Å². The summed E-state index contributed by atoms with van der Waals surface area (Å²) >= 11 is 2.13. The molecular weight excluding hydrogens is 366 g/mol. The molecule has 7 nitrogen and oxygen atoms in total. The number of rotatable bonds is 7. The van der Waals surface area contributed by atoms with E-state index in [1.165, 1.54) is 11.3 Å². The monoisotopic (exact) mass is 383 g/mol. The van der Waals surface area contributed by atoms with Gasteiger partial charge in [0.05, 0.1) is 13.2 Å². The molecule has 0 saturated carbocycles. The first kappa shape index (κ1) is 18.9. The summed E-state index contributed by atoms with van der Waals surface area (Å²) in [5, 5.41) is 1.86. The second-order valence-corrected chi connectivity index (χ2v) is 6.64. The molecule has 0 bridgehead atoms. The van der Waals surface area contributed by atoms with Crippen molar-refractivity contribution in [2.45, 2.75) is 20.5 Å². The van der Waals surface area contributed by atoms with Crippen molar-refractivity contribution in [1.82, 2.24) is 0 Å². The number of carbonyl (C=O) groups excluding carboxylic acids is 3. The number of ether oxygens (including phenoxy) is 3. The lowest BCUT2D eigenvalue weighted by Crippen LogP contribution is -2.13. The van der Waals surface area contributed by atoms with Crippen molar-refractivity contribution in [2.24, 2.45) is 0 Å². The van der Waals surface area contributed by atoms with E-state index in [9.17, 15) is 14.4 Å². The fourth-order valence-electron chi connectivity index (χ4n) is 2.01. The largest absolute Gasteiger partial charge is 0.462 e. The number of esters is 3. The van der Waals surface area contributed by atoms with Crippen LogP contribution in [0.15, 0.2) is 17.5 Å². The summed E-state index contributed by atoms with van der Waals surface area (Å²) in [7, 11) is 0. The van der Waals surface area contributed by atoms with Crippen LogP contribution in [0, 0.1) is 0 Å². The van der Waals surface area contributed by atoms with Gasteiger partial charge in [-0.1, -0.05) is 6.07 Å². The van der Waals surface area contributed by atoms with E-state index >= 15 is 0 Å². The number of thiophene rings is 2. The van der Waals surface area contributed by atoms with Crippen molar-refractivity contribution in [2.75, 3.05) is 18.9 Å². The molecule has 2 aromatic rings. The zero-order chi connectivity index (χ0) is 18.4. The summed E-state index contributed by atoms with van der Waals surface area (Å²) in [6, 6.07) is 3.34. The van der Waals surface area contributed by atoms with Crippen LogP contribution in [0.1, 0.15) is 49.1 Å². The van der Waals surface area contributed by atoms with Crippen LogP contribution in [-0.2, 0) is 20.8 Å². The lowest BCUT2D eigenvalue weighted by Gasteiger charge is -2.08. The fourth-order valence-corrected chi connectivity index (χ4v) is 3.59. The molecule has 0 atom stereocenters. The smallest absolute Gasteiger partial charge is 0.348 e. The number of hydrogen-bond acceptors (Lipinski definition) is 9. The van der Waals surface area contributed by atoms with Crippen LogP contribution in [0.25, 0.3) is 0 Å². The number of hydrogen-bond donors (Lipinski definition) is 1. The average molecular weight is 383 g/mol. The molecular formula is C16H17NO6S2. The Morgan fingerprint density at radius 1 is 1.04 bits per heavy atom. The minimum absolute atomic E-state index is 0.0360. The molecule has 0 aromatic carbocycles. The van der Waals surface area contributed by atoms with E-state index in [1.54, 1.807) is 31.4 Å². The number of anilines is 1. The van der Waals surface area contributed by atoms with Crippen LogP contribution in [0.5, 0.6) is 0 Å². The number of carbonyl (C=O) groups is 3. The molecule has 0 amide bonds. The van der Waals surface area contributed by atoms with E-state index in [2.05, 4.69) is 0 Å². The summed E-state index contributed by atoms with van der Waals surface area (Å²) < 4.78 is 15.2. The van der Waals surface area contributed by atoms with Crippen LogP contribution in [0.3, 0.4) is 0 Å². The van der Waals surface area contributed by atoms with Crippen molar-refractivity contribution < 1.29 is 28.6 Å². The molecule has 134 valence electrons. The zero-order valence-electron chi connectivity index (χ0n) is 13.7. The summed E-state index contributed by atoms with van der Waals surface area (Å²) in [6.07, 6.45) is 0. The maximum atomic E-state index is 12.2. The second-order valence-electron chi connectivity index (χ2n) is 4.64. The number of nitrogens with two attached hydrogens (primary N) is 1. The highest BCUT2D eigenvalue weighted by Gasteiger charge is 2.28.